The van der Waals surface area contributed by atoms with Gasteiger partial charge in [-0.3, -0.25) is 9.36 Å². The Balaban J connectivity index is 2.01. The van der Waals surface area contributed by atoms with Gasteiger partial charge in [0.2, 0.25) is 0 Å². The van der Waals surface area contributed by atoms with E-state index >= 15 is 0 Å². The first-order chi connectivity index (χ1) is 16.0. The van der Waals surface area contributed by atoms with Crippen molar-refractivity contribution >= 4 is 22.6 Å². The fourth-order valence-corrected chi connectivity index (χ4v) is 3.56. The standard InChI is InChI=1S/C24H27N5O4/c1-17(22-27-21-10-5-4-9-20(21)23(30)29(22)12-14-33-3)28(11-13-32-2)24(31)26-19-8-6-7-18(15-19)16-25/h4-10,15,17H,11-14H2,1-3H3,(H,26,31). The summed E-state index contributed by atoms with van der Waals surface area (Å²) in [5.41, 5.74) is 1.31. The second-order valence-electron chi connectivity index (χ2n) is 7.42. The predicted octanol–water partition coefficient (Wildman–Crippen LogP) is 3.16. The molecule has 0 saturated carbocycles. The van der Waals surface area contributed by atoms with Gasteiger partial charge in [-0.05, 0) is 37.3 Å². The monoisotopic (exact) mass is 449 g/mol. The van der Waals surface area contributed by atoms with Gasteiger partial charge in [0.15, 0.2) is 0 Å². The lowest BCUT2D eigenvalue weighted by Gasteiger charge is -2.30. The topological polar surface area (TPSA) is 109 Å². The van der Waals surface area contributed by atoms with E-state index in [-0.39, 0.29) is 12.1 Å². The van der Waals surface area contributed by atoms with Gasteiger partial charge in [0.25, 0.3) is 5.56 Å². The van der Waals surface area contributed by atoms with E-state index in [4.69, 9.17) is 19.7 Å². The van der Waals surface area contributed by atoms with Crippen LogP contribution in [0, 0.1) is 11.3 Å². The summed E-state index contributed by atoms with van der Waals surface area (Å²) in [4.78, 5) is 32.8. The van der Waals surface area contributed by atoms with Gasteiger partial charge in [-0.1, -0.05) is 18.2 Å². The van der Waals surface area contributed by atoms with Crippen molar-refractivity contribution in [3.05, 3.63) is 70.3 Å². The van der Waals surface area contributed by atoms with E-state index in [0.29, 0.717) is 47.7 Å². The number of nitrogens with zero attached hydrogens (tertiary/aromatic N) is 4. The highest BCUT2D eigenvalue weighted by molar-refractivity contribution is 5.89. The van der Waals surface area contributed by atoms with Crippen LogP contribution in [0.25, 0.3) is 10.9 Å². The summed E-state index contributed by atoms with van der Waals surface area (Å²) in [6.45, 7) is 3.02. The summed E-state index contributed by atoms with van der Waals surface area (Å²) >= 11 is 0. The van der Waals surface area contributed by atoms with E-state index < -0.39 is 12.1 Å². The van der Waals surface area contributed by atoms with Crippen molar-refractivity contribution in [2.45, 2.75) is 19.5 Å². The molecular formula is C24H27N5O4. The smallest absolute Gasteiger partial charge is 0.322 e. The van der Waals surface area contributed by atoms with Crippen LogP contribution in [0.5, 0.6) is 0 Å². The van der Waals surface area contributed by atoms with Crippen LogP contribution in [-0.2, 0) is 16.0 Å². The van der Waals surface area contributed by atoms with Crippen molar-refractivity contribution in [2.75, 3.05) is 39.3 Å². The van der Waals surface area contributed by atoms with E-state index in [1.54, 1.807) is 66.2 Å². The van der Waals surface area contributed by atoms with Crippen molar-refractivity contribution in [2.24, 2.45) is 0 Å². The molecule has 1 aromatic heterocycles. The number of fused-ring (bicyclic) bond motifs is 1. The highest BCUT2D eigenvalue weighted by Gasteiger charge is 2.26. The number of rotatable bonds is 9. The Morgan fingerprint density at radius 2 is 1.94 bits per heavy atom. The third kappa shape index (κ3) is 5.55. The SMILES string of the molecule is COCCN(C(=O)Nc1cccc(C#N)c1)C(C)c1nc2ccccc2c(=O)n1CCOC. The van der Waals surface area contributed by atoms with Crippen LogP contribution in [-0.4, -0.2) is 54.5 Å². The molecule has 1 atom stereocenters. The number of nitrogens with one attached hydrogen (secondary N) is 1. The number of hydrogen-bond acceptors (Lipinski definition) is 6. The molecule has 1 unspecified atom stereocenters. The van der Waals surface area contributed by atoms with Crippen LogP contribution >= 0.6 is 0 Å². The van der Waals surface area contributed by atoms with Gasteiger partial charge in [-0.15, -0.1) is 0 Å². The predicted molar refractivity (Wildman–Crippen MR) is 125 cm³/mol. The normalized spacial score (nSPS) is 11.7. The van der Waals surface area contributed by atoms with Gasteiger partial charge in [-0.2, -0.15) is 5.26 Å². The van der Waals surface area contributed by atoms with E-state index in [9.17, 15) is 9.59 Å². The van der Waals surface area contributed by atoms with Crippen molar-refractivity contribution < 1.29 is 14.3 Å². The molecule has 2 aromatic carbocycles. The maximum atomic E-state index is 13.2. The van der Waals surface area contributed by atoms with Crippen molar-refractivity contribution in [3.63, 3.8) is 0 Å². The fourth-order valence-electron chi connectivity index (χ4n) is 3.56. The number of hydrogen-bond donors (Lipinski definition) is 1. The zero-order chi connectivity index (χ0) is 23.8. The number of nitriles is 1. The molecule has 9 nitrogen and oxygen atoms in total. The lowest BCUT2D eigenvalue weighted by Crippen LogP contribution is -2.42. The molecule has 0 aliphatic carbocycles. The van der Waals surface area contributed by atoms with Crippen molar-refractivity contribution in [3.8, 4) is 6.07 Å². The van der Waals surface area contributed by atoms with Gasteiger partial charge in [0, 0.05) is 26.5 Å². The minimum absolute atomic E-state index is 0.187. The lowest BCUT2D eigenvalue weighted by molar-refractivity contribution is 0.134. The van der Waals surface area contributed by atoms with Gasteiger partial charge >= 0.3 is 6.03 Å². The number of para-hydroxylation sites is 1. The molecule has 0 fully saturated rings. The zero-order valence-electron chi connectivity index (χ0n) is 18.9. The molecule has 0 bridgehead atoms. The quantitative estimate of drug-likeness (QED) is 0.537. The number of urea groups is 1. The Hall–Kier alpha value is -3.74. The molecule has 0 radical (unpaired) electrons. The molecule has 2 amide bonds. The van der Waals surface area contributed by atoms with E-state index in [1.165, 1.54) is 0 Å². The Labute approximate surface area is 192 Å². The number of aromatic nitrogens is 2. The summed E-state index contributed by atoms with van der Waals surface area (Å²) < 4.78 is 12.0. The first-order valence-corrected chi connectivity index (χ1v) is 10.5. The van der Waals surface area contributed by atoms with Crippen LogP contribution < -0.4 is 10.9 Å². The maximum absolute atomic E-state index is 13.2. The Morgan fingerprint density at radius 1 is 1.18 bits per heavy atom. The first-order valence-electron chi connectivity index (χ1n) is 10.5. The summed E-state index contributed by atoms with van der Waals surface area (Å²) in [5, 5.41) is 12.5. The van der Waals surface area contributed by atoms with E-state index in [0.717, 1.165) is 0 Å². The molecule has 9 heteroatoms. The fraction of sp³-hybridized carbons (Fsp3) is 0.333. The highest BCUT2D eigenvalue weighted by Crippen LogP contribution is 2.22. The van der Waals surface area contributed by atoms with Gasteiger partial charge < -0.3 is 19.7 Å². The van der Waals surface area contributed by atoms with Crippen LogP contribution in [0.4, 0.5) is 10.5 Å². The molecule has 172 valence electrons. The zero-order valence-corrected chi connectivity index (χ0v) is 18.9. The Morgan fingerprint density at radius 3 is 2.67 bits per heavy atom. The Bertz CT molecular complexity index is 1220. The lowest BCUT2D eigenvalue weighted by atomic mass is 10.2. The molecule has 1 heterocycles. The Kier molecular flexibility index (Phi) is 8.13. The van der Waals surface area contributed by atoms with Gasteiger partial charge in [0.1, 0.15) is 5.82 Å². The second kappa shape index (κ2) is 11.2. The number of ether oxygens (including phenoxy) is 2. The van der Waals surface area contributed by atoms with E-state index in [2.05, 4.69) is 11.4 Å². The average Bonchev–Trinajstić information content (AvgIpc) is 2.83. The highest BCUT2D eigenvalue weighted by atomic mass is 16.5. The molecule has 0 saturated heterocycles. The molecule has 1 N–H and O–H groups in total. The molecule has 3 rings (SSSR count). The first kappa shape index (κ1) is 23.9. The third-order valence-corrected chi connectivity index (χ3v) is 5.29. The number of amides is 2. The molecule has 0 spiro atoms. The van der Waals surface area contributed by atoms with Crippen LogP contribution in [0.1, 0.15) is 24.4 Å². The summed E-state index contributed by atoms with van der Waals surface area (Å²) in [6, 6.07) is 14.9. The van der Waals surface area contributed by atoms with Crippen molar-refractivity contribution in [1.82, 2.24) is 14.5 Å². The largest absolute Gasteiger partial charge is 0.383 e. The van der Waals surface area contributed by atoms with Gasteiger partial charge in [0.05, 0.1) is 48.3 Å². The minimum Gasteiger partial charge on any atom is -0.383 e. The maximum Gasteiger partial charge on any atom is 0.322 e. The number of carbonyl (C=O) groups excluding carboxylic acids is 1. The van der Waals surface area contributed by atoms with E-state index in [1.807, 2.05) is 13.0 Å². The summed E-state index contributed by atoms with van der Waals surface area (Å²) in [6.07, 6.45) is 0. The third-order valence-electron chi connectivity index (χ3n) is 5.29. The minimum atomic E-state index is -0.548. The number of anilines is 1. The molecule has 0 aliphatic rings. The van der Waals surface area contributed by atoms with Gasteiger partial charge in [-0.25, -0.2) is 9.78 Å². The number of benzene rings is 2. The van der Waals surface area contributed by atoms with Crippen LogP contribution in [0.15, 0.2) is 53.3 Å². The molecule has 3 aromatic rings. The molecular weight excluding hydrogens is 422 g/mol. The van der Waals surface area contributed by atoms with Crippen LogP contribution in [0.2, 0.25) is 0 Å². The summed E-state index contributed by atoms with van der Waals surface area (Å²) in [5.74, 6) is 0.452. The average molecular weight is 450 g/mol. The molecule has 33 heavy (non-hydrogen) atoms. The molecule has 0 aliphatic heterocycles. The number of carbonyl (C=O) groups is 1. The second-order valence-corrected chi connectivity index (χ2v) is 7.42. The van der Waals surface area contributed by atoms with Crippen LogP contribution in [0.3, 0.4) is 0 Å². The number of methoxy groups -OCH3 is 2. The summed E-state index contributed by atoms with van der Waals surface area (Å²) in [7, 11) is 3.12. The van der Waals surface area contributed by atoms with Crippen molar-refractivity contribution in [1.29, 1.82) is 5.26 Å².